The molecule has 17 heavy (non-hydrogen) atoms. The van der Waals surface area contributed by atoms with Gasteiger partial charge in [0.1, 0.15) is 5.75 Å². The van der Waals surface area contributed by atoms with Gasteiger partial charge in [0.15, 0.2) is 5.76 Å². The quantitative estimate of drug-likeness (QED) is 0.860. The molecule has 4 heteroatoms. The lowest BCUT2D eigenvalue weighted by atomic mass is 10.1. The van der Waals surface area contributed by atoms with E-state index in [1.807, 2.05) is 18.2 Å². The van der Waals surface area contributed by atoms with Crippen molar-refractivity contribution in [3.63, 3.8) is 0 Å². The molecule has 0 spiro atoms. The van der Waals surface area contributed by atoms with Gasteiger partial charge in [-0.05, 0) is 35.9 Å². The molecular formula is C13H11NO3. The zero-order valence-corrected chi connectivity index (χ0v) is 9.10. The van der Waals surface area contributed by atoms with Crippen LogP contribution >= 0.6 is 0 Å². The Morgan fingerprint density at radius 1 is 1.29 bits per heavy atom. The van der Waals surface area contributed by atoms with Gasteiger partial charge in [-0.3, -0.25) is 4.79 Å². The fraction of sp³-hybridized carbons (Fsp3) is 0.154. The molecule has 0 saturated heterocycles. The second-order valence-corrected chi connectivity index (χ2v) is 3.85. The van der Waals surface area contributed by atoms with E-state index in [-0.39, 0.29) is 5.91 Å². The van der Waals surface area contributed by atoms with E-state index < -0.39 is 0 Å². The second kappa shape index (κ2) is 3.97. The Morgan fingerprint density at radius 3 is 3.06 bits per heavy atom. The van der Waals surface area contributed by atoms with Gasteiger partial charge >= 0.3 is 0 Å². The lowest BCUT2D eigenvalue weighted by molar-refractivity contribution is 0.0996. The van der Waals surface area contributed by atoms with Crippen LogP contribution in [0.3, 0.4) is 0 Å². The summed E-state index contributed by atoms with van der Waals surface area (Å²) in [6, 6.07) is 8.95. The number of amides is 1. The first-order valence-electron chi connectivity index (χ1n) is 5.43. The number of fused-ring (bicyclic) bond motifs is 1. The van der Waals surface area contributed by atoms with Crippen molar-refractivity contribution >= 4 is 11.6 Å². The maximum absolute atomic E-state index is 11.7. The molecule has 3 rings (SSSR count). The number of carbonyl (C=O) groups is 1. The number of benzene rings is 1. The molecule has 0 atom stereocenters. The van der Waals surface area contributed by atoms with Gasteiger partial charge in [-0.25, -0.2) is 0 Å². The first kappa shape index (κ1) is 9.96. The van der Waals surface area contributed by atoms with Gasteiger partial charge in [0, 0.05) is 12.1 Å². The SMILES string of the molecule is O=C(Nc1ccc2c(c1)CCO2)c1ccco1. The van der Waals surface area contributed by atoms with E-state index in [0.29, 0.717) is 12.4 Å². The van der Waals surface area contributed by atoms with Crippen LogP contribution < -0.4 is 10.1 Å². The van der Waals surface area contributed by atoms with Crippen LogP contribution in [-0.2, 0) is 6.42 Å². The summed E-state index contributed by atoms with van der Waals surface area (Å²) in [7, 11) is 0. The highest BCUT2D eigenvalue weighted by molar-refractivity contribution is 6.02. The minimum Gasteiger partial charge on any atom is -0.493 e. The van der Waals surface area contributed by atoms with Crippen molar-refractivity contribution in [1.29, 1.82) is 0 Å². The maximum Gasteiger partial charge on any atom is 0.291 e. The van der Waals surface area contributed by atoms with Crippen molar-refractivity contribution < 1.29 is 13.9 Å². The first-order chi connectivity index (χ1) is 8.33. The third-order valence-electron chi connectivity index (χ3n) is 2.69. The van der Waals surface area contributed by atoms with Crippen LogP contribution in [-0.4, -0.2) is 12.5 Å². The number of hydrogen-bond donors (Lipinski definition) is 1. The summed E-state index contributed by atoms with van der Waals surface area (Å²) in [5.74, 6) is 0.969. The molecule has 2 heterocycles. The summed E-state index contributed by atoms with van der Waals surface area (Å²) in [6.07, 6.45) is 2.37. The fourth-order valence-corrected chi connectivity index (χ4v) is 1.86. The van der Waals surface area contributed by atoms with Crippen molar-refractivity contribution in [3.05, 3.63) is 47.9 Å². The molecule has 1 aliphatic rings. The highest BCUT2D eigenvalue weighted by Gasteiger charge is 2.14. The smallest absolute Gasteiger partial charge is 0.291 e. The summed E-state index contributed by atoms with van der Waals surface area (Å²) in [5, 5.41) is 2.79. The monoisotopic (exact) mass is 229 g/mol. The van der Waals surface area contributed by atoms with Crippen molar-refractivity contribution in [2.45, 2.75) is 6.42 Å². The summed E-state index contributed by atoms with van der Waals surface area (Å²) >= 11 is 0. The molecule has 0 unspecified atom stereocenters. The van der Waals surface area contributed by atoms with Crippen LogP contribution in [0.1, 0.15) is 16.1 Å². The third-order valence-corrected chi connectivity index (χ3v) is 2.69. The van der Waals surface area contributed by atoms with Gasteiger partial charge in [-0.15, -0.1) is 0 Å². The zero-order chi connectivity index (χ0) is 11.7. The molecule has 86 valence electrons. The number of rotatable bonds is 2. The van der Waals surface area contributed by atoms with E-state index in [2.05, 4.69) is 5.32 Å². The summed E-state index contributed by atoms with van der Waals surface area (Å²) in [5.41, 5.74) is 1.89. The number of ether oxygens (including phenoxy) is 1. The molecule has 1 aromatic carbocycles. The van der Waals surface area contributed by atoms with Gasteiger partial charge in [0.2, 0.25) is 0 Å². The predicted octanol–water partition coefficient (Wildman–Crippen LogP) is 2.47. The molecule has 1 aromatic heterocycles. The van der Waals surface area contributed by atoms with E-state index in [4.69, 9.17) is 9.15 Å². The highest BCUT2D eigenvalue weighted by atomic mass is 16.5. The molecule has 0 aliphatic carbocycles. The molecule has 0 fully saturated rings. The average Bonchev–Trinajstić information content (AvgIpc) is 2.99. The molecule has 4 nitrogen and oxygen atoms in total. The third kappa shape index (κ3) is 1.89. The van der Waals surface area contributed by atoms with E-state index in [9.17, 15) is 4.79 Å². The average molecular weight is 229 g/mol. The normalized spacial score (nSPS) is 12.9. The van der Waals surface area contributed by atoms with Crippen LogP contribution in [0.5, 0.6) is 5.75 Å². The Kier molecular flexibility index (Phi) is 2.33. The summed E-state index contributed by atoms with van der Waals surface area (Å²) in [4.78, 5) is 11.7. The van der Waals surface area contributed by atoms with Crippen LogP contribution in [0, 0.1) is 0 Å². The number of carbonyl (C=O) groups excluding carboxylic acids is 1. The Labute approximate surface area is 98.2 Å². The molecular weight excluding hydrogens is 218 g/mol. The number of hydrogen-bond acceptors (Lipinski definition) is 3. The molecule has 1 N–H and O–H groups in total. The van der Waals surface area contributed by atoms with Crippen molar-refractivity contribution in [2.24, 2.45) is 0 Å². The summed E-state index contributed by atoms with van der Waals surface area (Å²) < 4.78 is 10.4. The van der Waals surface area contributed by atoms with E-state index in [1.54, 1.807) is 12.1 Å². The lowest BCUT2D eigenvalue weighted by Gasteiger charge is -2.05. The Bertz CT molecular complexity index is 546. The van der Waals surface area contributed by atoms with Crippen LogP contribution in [0.25, 0.3) is 0 Å². The van der Waals surface area contributed by atoms with E-state index in [0.717, 1.165) is 23.4 Å². The van der Waals surface area contributed by atoms with Gasteiger partial charge in [-0.2, -0.15) is 0 Å². The molecule has 0 saturated carbocycles. The van der Waals surface area contributed by atoms with E-state index >= 15 is 0 Å². The topological polar surface area (TPSA) is 51.5 Å². The zero-order valence-electron chi connectivity index (χ0n) is 9.10. The molecule has 2 aromatic rings. The first-order valence-corrected chi connectivity index (χ1v) is 5.43. The molecule has 1 aliphatic heterocycles. The molecule has 1 amide bonds. The second-order valence-electron chi connectivity index (χ2n) is 3.85. The van der Waals surface area contributed by atoms with Gasteiger partial charge in [-0.1, -0.05) is 0 Å². The number of anilines is 1. The number of nitrogens with one attached hydrogen (secondary N) is 1. The minimum atomic E-state index is -0.242. The van der Waals surface area contributed by atoms with Crippen LogP contribution in [0.15, 0.2) is 41.0 Å². The Balaban J connectivity index is 1.80. The minimum absolute atomic E-state index is 0.242. The maximum atomic E-state index is 11.7. The van der Waals surface area contributed by atoms with Crippen molar-refractivity contribution in [1.82, 2.24) is 0 Å². The highest BCUT2D eigenvalue weighted by Crippen LogP contribution is 2.27. The largest absolute Gasteiger partial charge is 0.493 e. The lowest BCUT2D eigenvalue weighted by Crippen LogP contribution is -2.10. The van der Waals surface area contributed by atoms with Crippen molar-refractivity contribution in [3.8, 4) is 5.75 Å². The van der Waals surface area contributed by atoms with Crippen LogP contribution in [0.4, 0.5) is 5.69 Å². The fourth-order valence-electron chi connectivity index (χ4n) is 1.86. The summed E-state index contributed by atoms with van der Waals surface area (Å²) in [6.45, 7) is 0.713. The Morgan fingerprint density at radius 2 is 2.24 bits per heavy atom. The van der Waals surface area contributed by atoms with Gasteiger partial charge in [0.25, 0.3) is 5.91 Å². The van der Waals surface area contributed by atoms with Crippen molar-refractivity contribution in [2.75, 3.05) is 11.9 Å². The molecule has 0 bridgehead atoms. The predicted molar refractivity (Wildman–Crippen MR) is 62.3 cm³/mol. The van der Waals surface area contributed by atoms with Gasteiger partial charge in [0.05, 0.1) is 12.9 Å². The molecule has 0 radical (unpaired) electrons. The Hall–Kier alpha value is -2.23. The van der Waals surface area contributed by atoms with Crippen LogP contribution in [0.2, 0.25) is 0 Å². The van der Waals surface area contributed by atoms with Gasteiger partial charge < -0.3 is 14.5 Å². The standard InChI is InChI=1S/C13H11NO3/c15-13(12-2-1-6-16-12)14-10-3-4-11-9(8-10)5-7-17-11/h1-4,6,8H,5,7H2,(H,14,15). The van der Waals surface area contributed by atoms with E-state index in [1.165, 1.54) is 6.26 Å². The number of furan rings is 1.